The van der Waals surface area contributed by atoms with Gasteiger partial charge in [-0.1, -0.05) is 0 Å². The molecule has 0 bridgehead atoms. The van der Waals surface area contributed by atoms with Crippen molar-refractivity contribution in [2.45, 2.75) is 39.7 Å². The lowest BCUT2D eigenvalue weighted by molar-refractivity contribution is -0.115. The summed E-state index contributed by atoms with van der Waals surface area (Å²) >= 11 is 0. The molecule has 94 valence electrons. The van der Waals surface area contributed by atoms with Crippen LogP contribution in [0, 0.1) is 5.92 Å². The Bertz CT molecular complexity index is 403. The highest BCUT2D eigenvalue weighted by Gasteiger charge is 2.39. The minimum absolute atomic E-state index is 0.230. The molecule has 0 radical (unpaired) electrons. The maximum Gasteiger partial charge on any atom is 0.410 e. The zero-order valence-electron chi connectivity index (χ0n) is 10.9. The Hall–Kier alpha value is -1.32. The van der Waals surface area contributed by atoms with Gasteiger partial charge >= 0.3 is 6.09 Å². The minimum Gasteiger partial charge on any atom is -0.444 e. The first kappa shape index (κ1) is 12.1. The standard InChI is InChI=1S/C13H19NO3/c1-8-10-7-14(6-9(10)5-11(8)15)12(16)17-13(2,3)4/h9H,5-7H2,1-4H3. The van der Waals surface area contributed by atoms with E-state index in [4.69, 9.17) is 4.74 Å². The molecule has 1 aliphatic heterocycles. The maximum atomic E-state index is 11.9. The van der Waals surface area contributed by atoms with E-state index in [1.54, 1.807) is 4.90 Å². The van der Waals surface area contributed by atoms with Crippen LogP contribution in [0.3, 0.4) is 0 Å². The molecule has 2 aliphatic rings. The third-order valence-electron chi connectivity index (χ3n) is 3.28. The van der Waals surface area contributed by atoms with Crippen LogP contribution in [0.25, 0.3) is 0 Å². The predicted octanol–water partition coefficient (Wildman–Crippen LogP) is 2.14. The van der Waals surface area contributed by atoms with Crippen molar-refractivity contribution >= 4 is 11.9 Å². The number of nitrogens with zero attached hydrogens (tertiary/aromatic N) is 1. The highest BCUT2D eigenvalue weighted by atomic mass is 16.6. The molecule has 1 fully saturated rings. The van der Waals surface area contributed by atoms with Crippen molar-refractivity contribution in [3.63, 3.8) is 0 Å². The minimum atomic E-state index is -0.464. The number of hydrogen-bond acceptors (Lipinski definition) is 3. The average Bonchev–Trinajstić information content (AvgIpc) is 2.66. The number of ketones is 1. The van der Waals surface area contributed by atoms with Gasteiger partial charge in [-0.2, -0.15) is 0 Å². The average molecular weight is 237 g/mol. The second-order valence-electron chi connectivity index (χ2n) is 5.84. The van der Waals surface area contributed by atoms with Crippen LogP contribution in [-0.2, 0) is 9.53 Å². The van der Waals surface area contributed by atoms with E-state index in [1.165, 1.54) is 0 Å². The molecule has 4 heteroatoms. The van der Waals surface area contributed by atoms with Crippen molar-refractivity contribution in [3.05, 3.63) is 11.1 Å². The van der Waals surface area contributed by atoms with Crippen molar-refractivity contribution < 1.29 is 14.3 Å². The molecule has 4 nitrogen and oxygen atoms in total. The van der Waals surface area contributed by atoms with Gasteiger partial charge in [0.2, 0.25) is 0 Å². The molecule has 0 aromatic rings. The molecule has 0 N–H and O–H groups in total. The summed E-state index contributed by atoms with van der Waals surface area (Å²) in [5.41, 5.74) is 1.51. The fourth-order valence-electron chi connectivity index (χ4n) is 2.41. The Morgan fingerprint density at radius 2 is 2.06 bits per heavy atom. The SMILES string of the molecule is CC1=C2CN(C(=O)OC(C)(C)C)CC2CC1=O. The quantitative estimate of drug-likeness (QED) is 0.648. The van der Waals surface area contributed by atoms with E-state index in [1.807, 2.05) is 27.7 Å². The largest absolute Gasteiger partial charge is 0.444 e. The molecule has 1 aliphatic carbocycles. The molecule has 2 rings (SSSR count). The summed E-state index contributed by atoms with van der Waals surface area (Å²) in [4.78, 5) is 25.1. The smallest absolute Gasteiger partial charge is 0.410 e. The lowest BCUT2D eigenvalue weighted by Crippen LogP contribution is -2.35. The second kappa shape index (κ2) is 3.86. The highest BCUT2D eigenvalue weighted by molar-refractivity contribution is 5.99. The molecule has 1 atom stereocenters. The lowest BCUT2D eigenvalue weighted by atomic mass is 10.1. The molecule has 0 saturated carbocycles. The van der Waals surface area contributed by atoms with E-state index in [9.17, 15) is 9.59 Å². The number of fused-ring (bicyclic) bond motifs is 1. The Morgan fingerprint density at radius 1 is 1.41 bits per heavy atom. The number of carbonyl (C=O) groups is 2. The Kier molecular flexibility index (Phi) is 2.76. The van der Waals surface area contributed by atoms with Crippen molar-refractivity contribution in [2.24, 2.45) is 5.92 Å². The molecule has 0 spiro atoms. The van der Waals surface area contributed by atoms with Crippen LogP contribution in [0.15, 0.2) is 11.1 Å². The van der Waals surface area contributed by atoms with Crippen molar-refractivity contribution in [1.29, 1.82) is 0 Å². The van der Waals surface area contributed by atoms with E-state index in [2.05, 4.69) is 0 Å². The van der Waals surface area contributed by atoms with E-state index in [-0.39, 0.29) is 17.8 Å². The summed E-state index contributed by atoms with van der Waals surface area (Å²) in [6.45, 7) is 8.60. The number of Topliss-reactive ketones (excluding diaryl/α,β-unsaturated/α-hetero) is 1. The molecule has 1 saturated heterocycles. The first-order valence-corrected chi connectivity index (χ1v) is 5.98. The first-order valence-electron chi connectivity index (χ1n) is 5.98. The van der Waals surface area contributed by atoms with Crippen LogP contribution in [0.5, 0.6) is 0 Å². The molecular weight excluding hydrogens is 218 g/mol. The fraction of sp³-hybridized carbons (Fsp3) is 0.692. The molecule has 0 aromatic heterocycles. The summed E-state index contributed by atoms with van der Waals surface area (Å²) in [7, 11) is 0. The molecule has 0 aromatic carbocycles. The van der Waals surface area contributed by atoms with Crippen LogP contribution in [0.4, 0.5) is 4.79 Å². The number of rotatable bonds is 0. The third kappa shape index (κ3) is 2.35. The topological polar surface area (TPSA) is 46.6 Å². The van der Waals surface area contributed by atoms with Crippen LogP contribution < -0.4 is 0 Å². The van der Waals surface area contributed by atoms with Crippen LogP contribution in [0.2, 0.25) is 0 Å². The van der Waals surface area contributed by atoms with Gasteiger partial charge in [-0.25, -0.2) is 4.79 Å². The molecule has 1 amide bonds. The van der Waals surface area contributed by atoms with Crippen LogP contribution >= 0.6 is 0 Å². The molecule has 1 heterocycles. The van der Waals surface area contributed by atoms with Gasteiger partial charge in [0.25, 0.3) is 0 Å². The van der Waals surface area contributed by atoms with Crippen LogP contribution in [0.1, 0.15) is 34.1 Å². The molecule has 17 heavy (non-hydrogen) atoms. The number of amides is 1. The Morgan fingerprint density at radius 3 is 2.59 bits per heavy atom. The normalized spacial score (nSPS) is 24.4. The van der Waals surface area contributed by atoms with Gasteiger partial charge in [0.05, 0.1) is 0 Å². The van der Waals surface area contributed by atoms with Crippen molar-refractivity contribution in [1.82, 2.24) is 4.90 Å². The van der Waals surface area contributed by atoms with E-state index in [0.717, 1.165) is 11.1 Å². The predicted molar refractivity (Wildman–Crippen MR) is 63.6 cm³/mol. The summed E-state index contributed by atoms with van der Waals surface area (Å²) in [5.74, 6) is 0.462. The van der Waals surface area contributed by atoms with Gasteiger partial charge in [0.15, 0.2) is 5.78 Å². The zero-order valence-corrected chi connectivity index (χ0v) is 10.9. The van der Waals surface area contributed by atoms with E-state index in [0.29, 0.717) is 19.5 Å². The van der Waals surface area contributed by atoms with Gasteiger partial charge in [0, 0.05) is 25.4 Å². The summed E-state index contributed by atoms with van der Waals surface area (Å²) in [5, 5.41) is 0. The summed E-state index contributed by atoms with van der Waals surface area (Å²) < 4.78 is 5.33. The number of ether oxygens (including phenoxy) is 1. The van der Waals surface area contributed by atoms with E-state index < -0.39 is 5.60 Å². The van der Waals surface area contributed by atoms with Crippen molar-refractivity contribution in [2.75, 3.05) is 13.1 Å². The van der Waals surface area contributed by atoms with E-state index >= 15 is 0 Å². The first-order chi connectivity index (χ1) is 7.78. The van der Waals surface area contributed by atoms with Crippen LogP contribution in [-0.4, -0.2) is 35.5 Å². The molecule has 1 unspecified atom stereocenters. The zero-order chi connectivity index (χ0) is 12.8. The van der Waals surface area contributed by atoms with Gasteiger partial charge in [-0.3, -0.25) is 4.79 Å². The van der Waals surface area contributed by atoms with Gasteiger partial charge in [-0.15, -0.1) is 0 Å². The maximum absolute atomic E-state index is 11.9. The Balaban J connectivity index is 2.05. The summed E-state index contributed by atoms with van der Waals surface area (Å²) in [6, 6.07) is 0. The number of hydrogen-bond donors (Lipinski definition) is 0. The second-order valence-corrected chi connectivity index (χ2v) is 5.84. The lowest BCUT2D eigenvalue weighted by Gasteiger charge is -2.24. The fourth-order valence-corrected chi connectivity index (χ4v) is 2.41. The highest BCUT2D eigenvalue weighted by Crippen LogP contribution is 2.35. The third-order valence-corrected chi connectivity index (χ3v) is 3.28. The molecular formula is C13H19NO3. The number of likely N-dealkylation sites (tertiary alicyclic amines) is 1. The monoisotopic (exact) mass is 237 g/mol. The van der Waals surface area contributed by atoms with Crippen molar-refractivity contribution in [3.8, 4) is 0 Å². The number of carbonyl (C=O) groups excluding carboxylic acids is 2. The number of allylic oxidation sites excluding steroid dienone is 1. The van der Waals surface area contributed by atoms with Gasteiger partial charge < -0.3 is 9.64 Å². The van der Waals surface area contributed by atoms with Gasteiger partial charge in [-0.05, 0) is 38.8 Å². The van der Waals surface area contributed by atoms with Gasteiger partial charge in [0.1, 0.15) is 5.60 Å². The summed E-state index contributed by atoms with van der Waals surface area (Å²) in [6.07, 6.45) is 0.278. The Labute approximate surface area is 102 Å².